The Morgan fingerprint density at radius 2 is 0.667 bits per heavy atom. The van der Waals surface area contributed by atoms with E-state index in [1.165, 1.54) is 283 Å². The number of hydrogen-bond acceptors (Lipinski definition) is 5. The lowest BCUT2D eigenvalue weighted by molar-refractivity contribution is -0.143. The molecule has 1 amide bonds. The molecule has 2 atom stereocenters. The van der Waals surface area contributed by atoms with Gasteiger partial charge in [0.1, 0.15) is 0 Å². The number of rotatable bonds is 63. The van der Waals surface area contributed by atoms with Gasteiger partial charge < -0.3 is 20.3 Å². The smallest absolute Gasteiger partial charge is 0.305 e. The van der Waals surface area contributed by atoms with Crippen molar-refractivity contribution in [2.24, 2.45) is 0 Å². The molecule has 0 aromatic heterocycles. The Balaban J connectivity index is 3.37. The van der Waals surface area contributed by atoms with E-state index in [0.29, 0.717) is 25.9 Å². The van der Waals surface area contributed by atoms with E-state index >= 15 is 0 Å². The minimum atomic E-state index is -0.663. The van der Waals surface area contributed by atoms with Crippen LogP contribution in [0.25, 0.3) is 0 Å². The molecule has 75 heavy (non-hydrogen) atoms. The molecular formula is C69H131NO5. The van der Waals surface area contributed by atoms with E-state index in [2.05, 4.69) is 55.6 Å². The van der Waals surface area contributed by atoms with Crippen LogP contribution in [0.3, 0.4) is 0 Å². The molecule has 0 aliphatic carbocycles. The fourth-order valence-electron chi connectivity index (χ4n) is 10.5. The number of carbonyl (C=O) groups is 2. The van der Waals surface area contributed by atoms with Gasteiger partial charge in [0.05, 0.1) is 25.4 Å². The highest BCUT2D eigenvalue weighted by molar-refractivity contribution is 5.76. The van der Waals surface area contributed by atoms with Crippen LogP contribution in [0.15, 0.2) is 36.5 Å². The van der Waals surface area contributed by atoms with Gasteiger partial charge in [-0.25, -0.2) is 0 Å². The summed E-state index contributed by atoms with van der Waals surface area (Å²) in [4.78, 5) is 24.5. The van der Waals surface area contributed by atoms with Gasteiger partial charge >= 0.3 is 5.97 Å². The van der Waals surface area contributed by atoms with E-state index in [1.807, 2.05) is 0 Å². The molecule has 6 nitrogen and oxygen atoms in total. The fourth-order valence-corrected chi connectivity index (χ4v) is 10.5. The van der Waals surface area contributed by atoms with E-state index in [9.17, 15) is 19.8 Å². The van der Waals surface area contributed by atoms with Crippen LogP contribution in [-0.4, -0.2) is 47.4 Å². The zero-order chi connectivity index (χ0) is 54.3. The van der Waals surface area contributed by atoms with Gasteiger partial charge in [0.25, 0.3) is 0 Å². The zero-order valence-electron chi connectivity index (χ0n) is 50.5. The highest BCUT2D eigenvalue weighted by atomic mass is 16.5. The number of esters is 1. The zero-order valence-corrected chi connectivity index (χ0v) is 50.5. The molecular weight excluding hydrogens is 923 g/mol. The fraction of sp³-hybridized carbons (Fsp3) is 0.884. The molecule has 0 radical (unpaired) electrons. The Kier molecular flexibility index (Phi) is 63.0. The molecule has 0 aromatic carbocycles. The summed E-state index contributed by atoms with van der Waals surface area (Å²) in [5.41, 5.74) is 0. The van der Waals surface area contributed by atoms with Gasteiger partial charge in [0.15, 0.2) is 0 Å². The minimum absolute atomic E-state index is 0.00265. The first-order valence-corrected chi connectivity index (χ1v) is 33.7. The Bertz CT molecular complexity index is 1210. The number of ether oxygens (including phenoxy) is 1. The summed E-state index contributed by atoms with van der Waals surface area (Å²) in [5, 5.41) is 23.3. The third-order valence-corrected chi connectivity index (χ3v) is 15.7. The van der Waals surface area contributed by atoms with Crippen molar-refractivity contribution in [1.29, 1.82) is 0 Å². The van der Waals surface area contributed by atoms with Crippen LogP contribution >= 0.6 is 0 Å². The number of unbranched alkanes of at least 4 members (excludes halogenated alkanes) is 46. The summed E-state index contributed by atoms with van der Waals surface area (Å²) < 4.78 is 5.48. The minimum Gasteiger partial charge on any atom is -0.466 e. The molecule has 0 saturated carbocycles. The number of nitrogens with one attached hydrogen (secondary N) is 1. The maximum atomic E-state index is 12.5. The molecule has 6 heteroatoms. The number of allylic oxidation sites excluding steroid dienone is 6. The van der Waals surface area contributed by atoms with Gasteiger partial charge in [-0.15, -0.1) is 0 Å². The van der Waals surface area contributed by atoms with Crippen molar-refractivity contribution in [3.63, 3.8) is 0 Å². The summed E-state index contributed by atoms with van der Waals surface area (Å²) >= 11 is 0. The molecule has 0 rings (SSSR count). The lowest BCUT2D eigenvalue weighted by Crippen LogP contribution is -2.45. The van der Waals surface area contributed by atoms with Gasteiger partial charge in [0, 0.05) is 12.8 Å². The standard InChI is InChI=1S/C69H131NO5/c1-3-5-7-9-11-13-15-17-34-39-43-47-51-55-59-63-69(74)75-64-60-56-52-48-44-40-36-33-31-29-27-25-23-21-19-20-22-24-26-28-30-32-35-38-42-46-50-54-58-62-68(73)70-66(65-71)67(72)61-57-53-49-45-41-37-18-16-14-12-10-8-6-4-2/h11,13,17,19,21,34,66-67,71-72H,3-10,12,14-16,18,20,22-33,35-65H2,1-2H3,(H,70,73)/b13-11-,21-19-,34-17-. The molecule has 0 aliphatic heterocycles. The number of aliphatic hydroxyl groups is 2. The largest absolute Gasteiger partial charge is 0.466 e. The van der Waals surface area contributed by atoms with Crippen molar-refractivity contribution in [2.75, 3.05) is 13.2 Å². The second-order valence-corrected chi connectivity index (χ2v) is 23.1. The predicted molar refractivity (Wildman–Crippen MR) is 329 cm³/mol. The van der Waals surface area contributed by atoms with E-state index in [1.54, 1.807) is 0 Å². The second kappa shape index (κ2) is 64.6. The van der Waals surface area contributed by atoms with E-state index in [0.717, 1.165) is 51.4 Å². The number of aliphatic hydroxyl groups excluding tert-OH is 2. The van der Waals surface area contributed by atoms with Crippen LogP contribution < -0.4 is 5.32 Å². The predicted octanol–water partition coefficient (Wildman–Crippen LogP) is 21.5. The Hall–Kier alpha value is -1.92. The maximum Gasteiger partial charge on any atom is 0.305 e. The number of hydrogen-bond donors (Lipinski definition) is 3. The SMILES string of the molecule is CCCCC/C=C\C/C=C\CCCCCCCC(=O)OCCCCCCCCCCCCCC/C=C\CCCCCCCCCCCCCCCC(=O)NC(CO)C(O)CCCCCCCCCCCCCCCC. The summed E-state index contributed by atoms with van der Waals surface area (Å²) in [6.45, 7) is 4.94. The van der Waals surface area contributed by atoms with Crippen LogP contribution in [0.1, 0.15) is 367 Å². The molecule has 0 aromatic rings. The molecule has 0 aliphatic rings. The van der Waals surface area contributed by atoms with Gasteiger partial charge in [-0.05, 0) is 83.5 Å². The van der Waals surface area contributed by atoms with E-state index in [-0.39, 0.29) is 18.5 Å². The molecule has 0 fully saturated rings. The molecule has 3 N–H and O–H groups in total. The normalized spacial score (nSPS) is 12.7. The second-order valence-electron chi connectivity index (χ2n) is 23.1. The first kappa shape index (κ1) is 73.1. The quantitative estimate of drug-likeness (QED) is 0.0320. The summed E-state index contributed by atoms with van der Waals surface area (Å²) in [7, 11) is 0. The van der Waals surface area contributed by atoms with Gasteiger partial charge in [-0.3, -0.25) is 9.59 Å². The Morgan fingerprint density at radius 3 is 1.05 bits per heavy atom. The molecule has 0 saturated heterocycles. The molecule has 0 heterocycles. The Morgan fingerprint density at radius 1 is 0.373 bits per heavy atom. The molecule has 442 valence electrons. The lowest BCUT2D eigenvalue weighted by atomic mass is 10.0. The monoisotopic (exact) mass is 1050 g/mol. The Labute approximate surface area is 468 Å². The third-order valence-electron chi connectivity index (χ3n) is 15.7. The van der Waals surface area contributed by atoms with Crippen molar-refractivity contribution in [2.45, 2.75) is 379 Å². The van der Waals surface area contributed by atoms with Crippen LogP contribution in [-0.2, 0) is 14.3 Å². The molecule has 0 bridgehead atoms. The van der Waals surface area contributed by atoms with Crippen molar-refractivity contribution >= 4 is 11.9 Å². The maximum absolute atomic E-state index is 12.5. The van der Waals surface area contributed by atoms with E-state index < -0.39 is 12.1 Å². The average molecular weight is 1050 g/mol. The van der Waals surface area contributed by atoms with Crippen molar-refractivity contribution < 1.29 is 24.5 Å². The highest BCUT2D eigenvalue weighted by Crippen LogP contribution is 2.18. The summed E-state index contributed by atoms with van der Waals surface area (Å²) in [6.07, 6.45) is 81.8. The third kappa shape index (κ3) is 61.2. The lowest BCUT2D eigenvalue weighted by Gasteiger charge is -2.22. The van der Waals surface area contributed by atoms with Gasteiger partial charge in [0.2, 0.25) is 5.91 Å². The summed E-state index contributed by atoms with van der Waals surface area (Å²) in [5.74, 6) is -0.0298. The van der Waals surface area contributed by atoms with Crippen LogP contribution in [0.2, 0.25) is 0 Å². The summed E-state index contributed by atoms with van der Waals surface area (Å²) in [6, 6.07) is -0.540. The number of amides is 1. The van der Waals surface area contributed by atoms with Gasteiger partial charge in [-0.2, -0.15) is 0 Å². The van der Waals surface area contributed by atoms with Crippen LogP contribution in [0.4, 0.5) is 0 Å². The molecule has 0 spiro atoms. The van der Waals surface area contributed by atoms with Crippen LogP contribution in [0, 0.1) is 0 Å². The highest BCUT2D eigenvalue weighted by Gasteiger charge is 2.20. The van der Waals surface area contributed by atoms with Crippen LogP contribution in [0.5, 0.6) is 0 Å². The van der Waals surface area contributed by atoms with Crippen molar-refractivity contribution in [3.05, 3.63) is 36.5 Å². The van der Waals surface area contributed by atoms with Gasteiger partial charge in [-0.1, -0.05) is 307 Å². The van der Waals surface area contributed by atoms with E-state index in [4.69, 9.17) is 4.74 Å². The topological polar surface area (TPSA) is 95.9 Å². The molecule has 2 unspecified atom stereocenters. The first-order valence-electron chi connectivity index (χ1n) is 33.7. The number of carbonyl (C=O) groups excluding carboxylic acids is 2. The van der Waals surface area contributed by atoms with Crippen molar-refractivity contribution in [1.82, 2.24) is 5.32 Å². The first-order chi connectivity index (χ1) is 37.0. The average Bonchev–Trinajstić information content (AvgIpc) is 3.41. The van der Waals surface area contributed by atoms with Crippen molar-refractivity contribution in [3.8, 4) is 0 Å².